The van der Waals surface area contributed by atoms with Gasteiger partial charge in [-0.1, -0.05) is 6.92 Å². The highest BCUT2D eigenvalue weighted by molar-refractivity contribution is 5.36. The number of rotatable bonds is 4. The monoisotopic (exact) mass is 200 g/mol. The van der Waals surface area contributed by atoms with E-state index >= 15 is 0 Å². The Morgan fingerprint density at radius 3 is 2.57 bits per heavy atom. The van der Waals surface area contributed by atoms with Gasteiger partial charge in [0.05, 0.1) is 0 Å². The van der Waals surface area contributed by atoms with Crippen molar-refractivity contribution in [3.8, 4) is 0 Å². The summed E-state index contributed by atoms with van der Waals surface area (Å²) in [5.41, 5.74) is -0.0419. The second-order valence-electron chi connectivity index (χ2n) is 3.23. The first kappa shape index (κ1) is 10.9. The van der Waals surface area contributed by atoms with Gasteiger partial charge in [0.1, 0.15) is 5.82 Å². The summed E-state index contributed by atoms with van der Waals surface area (Å²) in [7, 11) is 0. The Balaban J connectivity index is 2.64. The van der Waals surface area contributed by atoms with Gasteiger partial charge < -0.3 is 5.32 Å². The molecule has 14 heavy (non-hydrogen) atoms. The third-order valence-corrected chi connectivity index (χ3v) is 2.04. The Hall–Kier alpha value is -1.19. The van der Waals surface area contributed by atoms with Crippen molar-refractivity contribution in [2.45, 2.75) is 32.7 Å². The molecule has 0 aromatic carbocycles. The predicted molar refractivity (Wildman–Crippen MR) is 52.6 cm³/mol. The molecular formula is C10H14F2N2. The van der Waals surface area contributed by atoms with E-state index in [0.29, 0.717) is 11.9 Å². The second kappa shape index (κ2) is 4.88. The lowest BCUT2D eigenvalue weighted by Crippen LogP contribution is -2.14. The molecule has 0 saturated heterocycles. The lowest BCUT2D eigenvalue weighted by molar-refractivity contribution is 0.151. The number of hydrogen-bond donors (Lipinski definition) is 1. The standard InChI is InChI=1S/C10H14F2N2/c1-3-7(2)14-9-5-4-8(6-13-9)10(11)12/h4-7,10H,3H2,1-2H3,(H,13,14). The molecular weight excluding hydrogens is 186 g/mol. The third-order valence-electron chi connectivity index (χ3n) is 2.04. The van der Waals surface area contributed by atoms with Gasteiger partial charge in [0.2, 0.25) is 0 Å². The Morgan fingerprint density at radius 1 is 1.43 bits per heavy atom. The first-order valence-corrected chi connectivity index (χ1v) is 4.64. The number of anilines is 1. The van der Waals surface area contributed by atoms with E-state index in [1.807, 2.05) is 13.8 Å². The average Bonchev–Trinajstić information content (AvgIpc) is 2.18. The SMILES string of the molecule is CCC(C)Nc1ccc(C(F)F)cn1. The molecule has 0 fully saturated rings. The number of halogens is 2. The van der Waals surface area contributed by atoms with E-state index in [9.17, 15) is 8.78 Å². The largest absolute Gasteiger partial charge is 0.368 e. The van der Waals surface area contributed by atoms with E-state index in [1.165, 1.54) is 12.3 Å². The second-order valence-corrected chi connectivity index (χ2v) is 3.23. The lowest BCUT2D eigenvalue weighted by Gasteiger charge is -2.11. The molecule has 1 aromatic heterocycles. The highest BCUT2D eigenvalue weighted by atomic mass is 19.3. The smallest absolute Gasteiger partial charge is 0.265 e. The van der Waals surface area contributed by atoms with Crippen LogP contribution in [0.15, 0.2) is 18.3 Å². The fourth-order valence-electron chi connectivity index (χ4n) is 0.974. The topological polar surface area (TPSA) is 24.9 Å². The van der Waals surface area contributed by atoms with E-state index in [0.717, 1.165) is 6.42 Å². The maximum atomic E-state index is 12.2. The minimum atomic E-state index is -2.44. The molecule has 0 radical (unpaired) electrons. The first-order valence-electron chi connectivity index (χ1n) is 4.64. The van der Waals surface area contributed by atoms with Gasteiger partial charge in [0.15, 0.2) is 0 Å². The highest BCUT2D eigenvalue weighted by Gasteiger charge is 2.07. The normalized spacial score (nSPS) is 12.9. The maximum Gasteiger partial charge on any atom is 0.265 e. The van der Waals surface area contributed by atoms with Crippen molar-refractivity contribution in [1.82, 2.24) is 4.98 Å². The predicted octanol–water partition coefficient (Wildman–Crippen LogP) is 3.23. The van der Waals surface area contributed by atoms with Gasteiger partial charge in [0.25, 0.3) is 6.43 Å². The van der Waals surface area contributed by atoms with Crippen LogP contribution in [0.2, 0.25) is 0 Å². The molecule has 0 aliphatic heterocycles. The van der Waals surface area contributed by atoms with Crippen molar-refractivity contribution in [2.75, 3.05) is 5.32 Å². The molecule has 1 rings (SSSR count). The van der Waals surface area contributed by atoms with Crippen LogP contribution in [0.1, 0.15) is 32.3 Å². The molecule has 0 aliphatic carbocycles. The van der Waals surface area contributed by atoms with Crippen molar-refractivity contribution in [2.24, 2.45) is 0 Å². The summed E-state index contributed by atoms with van der Waals surface area (Å²) < 4.78 is 24.3. The van der Waals surface area contributed by atoms with Gasteiger partial charge in [-0.05, 0) is 25.5 Å². The van der Waals surface area contributed by atoms with Crippen LogP contribution in [-0.4, -0.2) is 11.0 Å². The van der Waals surface area contributed by atoms with E-state index < -0.39 is 6.43 Å². The summed E-state index contributed by atoms with van der Waals surface area (Å²) >= 11 is 0. The number of nitrogens with zero attached hydrogens (tertiary/aromatic N) is 1. The third kappa shape index (κ3) is 2.94. The zero-order chi connectivity index (χ0) is 10.6. The van der Waals surface area contributed by atoms with Crippen LogP contribution in [0.3, 0.4) is 0 Å². The molecule has 0 bridgehead atoms. The minimum absolute atomic E-state index is 0.0419. The van der Waals surface area contributed by atoms with Crippen LogP contribution in [0.25, 0.3) is 0 Å². The maximum absolute atomic E-state index is 12.2. The summed E-state index contributed by atoms with van der Waals surface area (Å²) in [4.78, 5) is 3.90. The average molecular weight is 200 g/mol. The van der Waals surface area contributed by atoms with Gasteiger partial charge in [-0.3, -0.25) is 0 Å². The number of alkyl halides is 2. The number of nitrogens with one attached hydrogen (secondary N) is 1. The molecule has 0 amide bonds. The quantitative estimate of drug-likeness (QED) is 0.807. The fourth-order valence-corrected chi connectivity index (χ4v) is 0.974. The van der Waals surface area contributed by atoms with Crippen molar-refractivity contribution in [3.05, 3.63) is 23.9 Å². The van der Waals surface area contributed by atoms with Crippen molar-refractivity contribution < 1.29 is 8.78 Å². The van der Waals surface area contributed by atoms with E-state index in [4.69, 9.17) is 0 Å². The Kier molecular flexibility index (Phi) is 3.80. The summed E-state index contributed by atoms with van der Waals surface area (Å²) in [6.45, 7) is 4.06. The molecule has 0 spiro atoms. The number of pyridine rings is 1. The Labute approximate surface area is 82.4 Å². The zero-order valence-corrected chi connectivity index (χ0v) is 8.30. The Bertz CT molecular complexity index is 272. The molecule has 1 heterocycles. The minimum Gasteiger partial charge on any atom is -0.368 e. The summed E-state index contributed by atoms with van der Waals surface area (Å²) in [5.74, 6) is 0.642. The highest BCUT2D eigenvalue weighted by Crippen LogP contribution is 2.18. The molecule has 0 aliphatic rings. The van der Waals surface area contributed by atoms with E-state index in [1.54, 1.807) is 6.07 Å². The molecule has 2 nitrogen and oxygen atoms in total. The molecule has 0 saturated carbocycles. The lowest BCUT2D eigenvalue weighted by atomic mass is 10.2. The molecule has 1 unspecified atom stereocenters. The number of hydrogen-bond acceptors (Lipinski definition) is 2. The van der Waals surface area contributed by atoms with E-state index in [2.05, 4.69) is 10.3 Å². The molecule has 4 heteroatoms. The van der Waals surface area contributed by atoms with Crippen LogP contribution in [0, 0.1) is 0 Å². The van der Waals surface area contributed by atoms with Crippen LogP contribution in [-0.2, 0) is 0 Å². The molecule has 78 valence electrons. The van der Waals surface area contributed by atoms with Crippen molar-refractivity contribution in [1.29, 1.82) is 0 Å². The van der Waals surface area contributed by atoms with Crippen LogP contribution in [0.5, 0.6) is 0 Å². The molecule has 1 aromatic rings. The van der Waals surface area contributed by atoms with Crippen molar-refractivity contribution >= 4 is 5.82 Å². The first-order chi connectivity index (χ1) is 6.63. The molecule has 1 atom stereocenters. The summed E-state index contributed by atoms with van der Waals surface area (Å²) in [6.07, 6.45) is -0.270. The van der Waals surface area contributed by atoms with Gasteiger partial charge >= 0.3 is 0 Å². The van der Waals surface area contributed by atoms with E-state index in [-0.39, 0.29) is 5.56 Å². The fraction of sp³-hybridized carbons (Fsp3) is 0.500. The molecule has 1 N–H and O–H groups in total. The van der Waals surface area contributed by atoms with Gasteiger partial charge in [-0.2, -0.15) is 0 Å². The van der Waals surface area contributed by atoms with Crippen LogP contribution in [0.4, 0.5) is 14.6 Å². The number of aromatic nitrogens is 1. The summed E-state index contributed by atoms with van der Waals surface area (Å²) in [6, 6.07) is 3.27. The van der Waals surface area contributed by atoms with Gasteiger partial charge in [0, 0.05) is 17.8 Å². The van der Waals surface area contributed by atoms with Crippen LogP contribution < -0.4 is 5.32 Å². The Morgan fingerprint density at radius 2 is 2.14 bits per heavy atom. The van der Waals surface area contributed by atoms with Crippen molar-refractivity contribution in [3.63, 3.8) is 0 Å². The zero-order valence-electron chi connectivity index (χ0n) is 8.30. The van der Waals surface area contributed by atoms with Crippen LogP contribution >= 0.6 is 0 Å². The van der Waals surface area contributed by atoms with Gasteiger partial charge in [-0.15, -0.1) is 0 Å². The summed E-state index contributed by atoms with van der Waals surface area (Å²) in [5, 5.41) is 3.10. The van der Waals surface area contributed by atoms with Gasteiger partial charge in [-0.25, -0.2) is 13.8 Å².